The van der Waals surface area contributed by atoms with Crippen LogP contribution < -0.4 is 10.6 Å². The number of ether oxygens (including phenoxy) is 3. The van der Waals surface area contributed by atoms with E-state index in [4.69, 9.17) is 19.3 Å². The Kier molecular flexibility index (Phi) is 14.3. The van der Waals surface area contributed by atoms with E-state index >= 15 is 0 Å². The first-order chi connectivity index (χ1) is 18.9. The molecule has 0 aliphatic heterocycles. The molecule has 0 aliphatic carbocycles. The third-order valence-corrected chi connectivity index (χ3v) is 5.81. The van der Waals surface area contributed by atoms with Crippen LogP contribution >= 0.6 is 31.9 Å². The molecule has 0 fully saturated rings. The summed E-state index contributed by atoms with van der Waals surface area (Å²) in [4.78, 5) is 46.4. The number of alkyl carbamates (subject to hydrolysis) is 2. The largest absolute Gasteiger partial charge is 0.480 e. The molecule has 2 aromatic rings. The number of carbonyl (C=O) groups is 4. The Morgan fingerprint density at radius 3 is 1.49 bits per heavy atom. The number of aliphatic carboxylic acids is 1. The van der Waals surface area contributed by atoms with Crippen LogP contribution in [0.25, 0.3) is 0 Å². The molecule has 2 amide bonds. The fraction of sp³-hybridized carbons (Fsp3) is 0.448. The monoisotopic (exact) mass is 700 g/mol. The normalized spacial score (nSPS) is 12.5. The first-order valence-electron chi connectivity index (χ1n) is 12.7. The van der Waals surface area contributed by atoms with Crippen LogP contribution in [0.4, 0.5) is 9.59 Å². The van der Waals surface area contributed by atoms with E-state index in [9.17, 15) is 19.2 Å². The molecule has 10 nitrogen and oxygen atoms in total. The van der Waals surface area contributed by atoms with Crippen molar-refractivity contribution in [3.63, 3.8) is 0 Å². The number of hydrogen-bond donors (Lipinski definition) is 3. The number of hydrogen-bond acceptors (Lipinski definition) is 7. The van der Waals surface area contributed by atoms with E-state index in [0.29, 0.717) is 6.42 Å². The summed E-state index contributed by atoms with van der Waals surface area (Å²) in [6.07, 6.45) is -0.868. The van der Waals surface area contributed by atoms with Crippen LogP contribution in [0.1, 0.15) is 52.7 Å². The zero-order valence-corrected chi connectivity index (χ0v) is 27.4. The minimum absolute atomic E-state index is 0.189. The van der Waals surface area contributed by atoms with Crippen LogP contribution in [0, 0.1) is 0 Å². The molecule has 0 aliphatic rings. The lowest BCUT2D eigenvalue weighted by Crippen LogP contribution is -2.45. The fourth-order valence-corrected chi connectivity index (χ4v) is 4.13. The fourth-order valence-electron chi connectivity index (χ4n) is 3.23. The molecule has 41 heavy (non-hydrogen) atoms. The Morgan fingerprint density at radius 1 is 0.756 bits per heavy atom. The minimum atomic E-state index is -1.10. The van der Waals surface area contributed by atoms with Crippen LogP contribution in [0.2, 0.25) is 0 Å². The van der Waals surface area contributed by atoms with Gasteiger partial charge < -0.3 is 30.0 Å². The highest BCUT2D eigenvalue weighted by Crippen LogP contribution is 2.15. The molecule has 0 spiro atoms. The highest BCUT2D eigenvalue weighted by Gasteiger charge is 2.26. The first-order valence-corrected chi connectivity index (χ1v) is 14.3. The van der Waals surface area contributed by atoms with Crippen molar-refractivity contribution < 1.29 is 38.5 Å². The molecule has 0 aromatic heterocycles. The highest BCUT2D eigenvalue weighted by molar-refractivity contribution is 9.10. The van der Waals surface area contributed by atoms with Gasteiger partial charge in [0, 0.05) is 21.8 Å². The van der Waals surface area contributed by atoms with E-state index in [1.54, 1.807) is 47.6 Å². The zero-order chi connectivity index (χ0) is 31.4. The number of esters is 1. The molecule has 12 heteroatoms. The summed E-state index contributed by atoms with van der Waals surface area (Å²) in [5, 5.41) is 14.1. The lowest BCUT2D eigenvalue weighted by molar-refractivity contribution is -0.143. The molecular weight excluding hydrogens is 664 g/mol. The van der Waals surface area contributed by atoms with Gasteiger partial charge in [0.05, 0.1) is 7.11 Å². The lowest BCUT2D eigenvalue weighted by Gasteiger charge is -2.22. The highest BCUT2D eigenvalue weighted by atomic mass is 79.9. The molecular formula is C29H38Br2N2O8. The van der Waals surface area contributed by atoms with E-state index in [1.165, 1.54) is 7.11 Å². The summed E-state index contributed by atoms with van der Waals surface area (Å²) in [5.41, 5.74) is 0.419. The predicted octanol–water partition coefficient (Wildman–Crippen LogP) is 6.03. The smallest absolute Gasteiger partial charge is 0.408 e. The maximum absolute atomic E-state index is 11.8. The molecule has 0 unspecified atom stereocenters. The molecule has 0 bridgehead atoms. The van der Waals surface area contributed by atoms with Crippen molar-refractivity contribution >= 4 is 56.0 Å². The van der Waals surface area contributed by atoms with Gasteiger partial charge in [-0.3, -0.25) is 0 Å². The van der Waals surface area contributed by atoms with Gasteiger partial charge in [0.15, 0.2) is 0 Å². The van der Waals surface area contributed by atoms with Crippen LogP contribution in [0.3, 0.4) is 0 Å². The van der Waals surface area contributed by atoms with Crippen LogP contribution in [0.15, 0.2) is 57.5 Å². The van der Waals surface area contributed by atoms with Gasteiger partial charge in [-0.25, -0.2) is 19.2 Å². The van der Waals surface area contributed by atoms with Crippen molar-refractivity contribution in [2.45, 2.75) is 77.7 Å². The van der Waals surface area contributed by atoms with Gasteiger partial charge in [-0.15, -0.1) is 0 Å². The number of rotatable bonds is 8. The second-order valence-corrected chi connectivity index (χ2v) is 12.8. The number of benzene rings is 2. The Balaban J connectivity index is 0.000000410. The predicted molar refractivity (Wildman–Crippen MR) is 162 cm³/mol. The van der Waals surface area contributed by atoms with Gasteiger partial charge in [0.25, 0.3) is 0 Å². The average Bonchev–Trinajstić information content (AvgIpc) is 2.81. The molecule has 2 atom stereocenters. The molecule has 226 valence electrons. The van der Waals surface area contributed by atoms with Gasteiger partial charge in [-0.05, 0) is 76.9 Å². The van der Waals surface area contributed by atoms with Crippen molar-refractivity contribution in [2.75, 3.05) is 7.11 Å². The maximum atomic E-state index is 11.8. The van der Waals surface area contributed by atoms with Crippen LogP contribution in [-0.4, -0.2) is 59.6 Å². The minimum Gasteiger partial charge on any atom is -0.480 e. The van der Waals surface area contributed by atoms with Crippen molar-refractivity contribution in [1.29, 1.82) is 0 Å². The number of carboxylic acid groups (broad SMARTS) is 1. The molecule has 2 rings (SSSR count). The summed E-state index contributed by atoms with van der Waals surface area (Å²) >= 11 is 6.69. The summed E-state index contributed by atoms with van der Waals surface area (Å²) in [5.74, 6) is -1.61. The van der Waals surface area contributed by atoms with Gasteiger partial charge >= 0.3 is 24.1 Å². The molecule has 0 radical (unpaired) electrons. The Bertz CT molecular complexity index is 1190. The summed E-state index contributed by atoms with van der Waals surface area (Å²) in [7, 11) is 1.28. The Morgan fingerprint density at radius 2 is 1.15 bits per heavy atom. The van der Waals surface area contributed by atoms with Gasteiger partial charge in [0.1, 0.15) is 23.3 Å². The molecule has 3 N–H and O–H groups in total. The summed E-state index contributed by atoms with van der Waals surface area (Å²) < 4.78 is 16.7. The topological polar surface area (TPSA) is 140 Å². The second-order valence-electron chi connectivity index (χ2n) is 10.9. The number of carbonyl (C=O) groups excluding carboxylic acids is 3. The number of halogens is 2. The third kappa shape index (κ3) is 16.0. The van der Waals surface area contributed by atoms with Crippen LogP contribution in [-0.2, 0) is 36.6 Å². The van der Waals surface area contributed by atoms with E-state index in [1.807, 2.05) is 42.5 Å². The third-order valence-electron chi connectivity index (χ3n) is 4.82. The quantitative estimate of drug-likeness (QED) is 0.224. The van der Waals surface area contributed by atoms with Gasteiger partial charge in [0.2, 0.25) is 0 Å². The SMILES string of the molecule is CC(C)(C)OC(=O)N[C@H](Cc1cccc(Br)c1)C(=O)O.COC(=O)[C@@H](Cc1cccc(Br)c1)NC(=O)OC(C)(C)C. The van der Waals surface area contributed by atoms with E-state index in [-0.39, 0.29) is 6.42 Å². The number of carboxylic acids is 1. The maximum Gasteiger partial charge on any atom is 0.408 e. The number of methoxy groups -OCH3 is 1. The van der Waals surface area contributed by atoms with Gasteiger partial charge in [-0.2, -0.15) is 0 Å². The summed E-state index contributed by atoms with van der Waals surface area (Å²) in [6, 6.07) is 13.0. The van der Waals surface area contributed by atoms with Crippen molar-refractivity contribution in [1.82, 2.24) is 10.6 Å². The molecule has 2 aromatic carbocycles. The molecule has 0 heterocycles. The van der Waals surface area contributed by atoms with E-state index in [0.717, 1.165) is 20.1 Å². The second kappa shape index (κ2) is 16.4. The van der Waals surface area contributed by atoms with Crippen molar-refractivity contribution in [3.8, 4) is 0 Å². The Hall–Kier alpha value is -3.12. The zero-order valence-electron chi connectivity index (χ0n) is 24.2. The first kappa shape index (κ1) is 35.9. The average molecular weight is 702 g/mol. The van der Waals surface area contributed by atoms with Gasteiger partial charge in [-0.1, -0.05) is 56.1 Å². The van der Waals surface area contributed by atoms with Crippen LogP contribution in [0.5, 0.6) is 0 Å². The van der Waals surface area contributed by atoms with E-state index in [2.05, 4.69) is 42.5 Å². The molecule has 0 saturated carbocycles. The summed E-state index contributed by atoms with van der Waals surface area (Å²) in [6.45, 7) is 10.4. The Labute approximate surface area is 257 Å². The van der Waals surface area contributed by atoms with Crippen molar-refractivity contribution in [2.24, 2.45) is 0 Å². The number of amides is 2. The van der Waals surface area contributed by atoms with Crippen molar-refractivity contribution in [3.05, 3.63) is 68.6 Å². The number of nitrogens with one attached hydrogen (secondary N) is 2. The standard InChI is InChI=1S/C15H20BrNO4.C14H18BrNO4/c1-15(2,3)21-14(19)17-12(13(18)20-4)9-10-6-5-7-11(16)8-10;1-14(2,3)20-13(19)16-11(12(17)18)8-9-5-4-6-10(15)7-9/h5-8,12H,9H2,1-4H3,(H,17,19);4-7,11H,8H2,1-3H3,(H,16,19)(H,17,18)/t12-;11-/m11/s1. The molecule has 0 saturated heterocycles. The van der Waals surface area contributed by atoms with E-state index < -0.39 is 47.4 Å². The lowest BCUT2D eigenvalue weighted by atomic mass is 10.1.